The third-order valence-corrected chi connectivity index (χ3v) is 9.75. The molecule has 3 nitrogen and oxygen atoms in total. The molecular weight excluding hydrogens is 655 g/mol. The average Bonchev–Trinajstić information content (AvgIpc) is 3.27. The first-order valence-corrected chi connectivity index (χ1v) is 18.2. The zero-order valence-electron chi connectivity index (χ0n) is 29.5. The minimum absolute atomic E-state index is 0.622. The lowest BCUT2D eigenvalue weighted by Crippen LogP contribution is -2.00. The van der Waals surface area contributed by atoms with Crippen molar-refractivity contribution in [1.82, 2.24) is 15.0 Å². The van der Waals surface area contributed by atoms with Gasteiger partial charge >= 0.3 is 0 Å². The zero-order chi connectivity index (χ0) is 36.1. The summed E-state index contributed by atoms with van der Waals surface area (Å²) in [6.45, 7) is 0. The molecule has 0 saturated heterocycles. The van der Waals surface area contributed by atoms with Gasteiger partial charge in [0.25, 0.3) is 0 Å². The summed E-state index contributed by atoms with van der Waals surface area (Å²) >= 11 is 0. The van der Waals surface area contributed by atoms with Gasteiger partial charge in [-0.2, -0.15) is 0 Å². The van der Waals surface area contributed by atoms with E-state index >= 15 is 0 Å². The molecule has 0 N–H and O–H groups in total. The van der Waals surface area contributed by atoms with Crippen molar-refractivity contribution >= 4 is 0 Å². The van der Waals surface area contributed by atoms with Crippen LogP contribution in [0.2, 0.25) is 0 Å². The summed E-state index contributed by atoms with van der Waals surface area (Å²) in [6, 6.07) is 74.1. The fraction of sp³-hybridized carbons (Fsp3) is 0. The third kappa shape index (κ3) is 6.87. The molecule has 54 heavy (non-hydrogen) atoms. The Morgan fingerprint density at radius 2 is 0.463 bits per heavy atom. The fourth-order valence-electron chi connectivity index (χ4n) is 6.99. The van der Waals surface area contributed by atoms with Gasteiger partial charge < -0.3 is 0 Å². The number of nitrogens with zero attached hydrogens (tertiary/aromatic N) is 3. The van der Waals surface area contributed by atoms with E-state index in [9.17, 15) is 0 Å². The average molecular weight is 690 g/mol. The predicted octanol–water partition coefficient (Wildman–Crippen LogP) is 13.2. The maximum Gasteiger partial charge on any atom is 0.164 e. The molecule has 0 aliphatic heterocycles. The van der Waals surface area contributed by atoms with Crippen LogP contribution in [0.3, 0.4) is 0 Å². The van der Waals surface area contributed by atoms with E-state index in [1.165, 1.54) is 22.3 Å². The SMILES string of the molecule is c1ccc(-c2ccc(-c3cccc(-c4nc(-c5cccc(-c6ccccc6)c5)nc(-c5cccc(-c6ccccc6-c6ccccc6)c5)n4)c3)cc2)cc1. The van der Waals surface area contributed by atoms with Gasteiger partial charge in [0.05, 0.1) is 0 Å². The van der Waals surface area contributed by atoms with Crippen molar-refractivity contribution < 1.29 is 0 Å². The lowest BCUT2D eigenvalue weighted by molar-refractivity contribution is 1.07. The molecule has 1 heterocycles. The van der Waals surface area contributed by atoms with Crippen LogP contribution in [0.25, 0.3) is 89.8 Å². The number of rotatable bonds is 8. The Morgan fingerprint density at radius 1 is 0.185 bits per heavy atom. The van der Waals surface area contributed by atoms with E-state index in [4.69, 9.17) is 15.0 Å². The summed E-state index contributed by atoms with van der Waals surface area (Å²) in [7, 11) is 0. The van der Waals surface area contributed by atoms with Crippen LogP contribution in [-0.4, -0.2) is 15.0 Å². The van der Waals surface area contributed by atoms with Gasteiger partial charge in [-0.3, -0.25) is 0 Å². The van der Waals surface area contributed by atoms with Crippen molar-refractivity contribution in [3.05, 3.63) is 212 Å². The molecular formula is C51H35N3. The standard InChI is InChI=1S/C51H35N3/c1-4-15-36(16-5-1)38-29-31-39(32-30-38)42-22-13-25-45(34-42)50-52-49(44-24-12-21-41(33-44)37-17-6-2-7-18-37)53-51(54-50)46-26-14-23-43(35-46)48-28-11-10-27-47(48)40-19-8-3-9-20-40/h1-35H. The molecule has 0 amide bonds. The summed E-state index contributed by atoms with van der Waals surface area (Å²) in [5.74, 6) is 1.87. The minimum atomic E-state index is 0.622. The van der Waals surface area contributed by atoms with Gasteiger partial charge in [-0.15, -0.1) is 0 Å². The Bertz CT molecular complexity index is 2690. The Kier molecular flexibility index (Phi) is 8.94. The molecule has 9 rings (SSSR count). The second kappa shape index (κ2) is 14.8. The van der Waals surface area contributed by atoms with E-state index in [0.717, 1.165) is 50.1 Å². The summed E-state index contributed by atoms with van der Waals surface area (Å²) in [6.07, 6.45) is 0. The van der Waals surface area contributed by atoms with Gasteiger partial charge in [0.2, 0.25) is 0 Å². The first-order valence-electron chi connectivity index (χ1n) is 18.2. The van der Waals surface area contributed by atoms with E-state index in [-0.39, 0.29) is 0 Å². The molecule has 3 heteroatoms. The largest absolute Gasteiger partial charge is 0.208 e. The normalized spacial score (nSPS) is 11.0. The summed E-state index contributed by atoms with van der Waals surface area (Å²) in [4.78, 5) is 15.4. The molecule has 0 aliphatic rings. The monoisotopic (exact) mass is 689 g/mol. The van der Waals surface area contributed by atoms with Crippen molar-refractivity contribution in [3.63, 3.8) is 0 Å². The van der Waals surface area contributed by atoms with E-state index in [0.29, 0.717) is 17.5 Å². The van der Waals surface area contributed by atoms with Crippen LogP contribution in [0.4, 0.5) is 0 Å². The van der Waals surface area contributed by atoms with Crippen molar-refractivity contribution in [1.29, 1.82) is 0 Å². The molecule has 0 aliphatic carbocycles. The van der Waals surface area contributed by atoms with E-state index in [1.54, 1.807) is 0 Å². The number of hydrogen-bond acceptors (Lipinski definition) is 3. The van der Waals surface area contributed by atoms with E-state index in [1.807, 2.05) is 12.1 Å². The summed E-state index contributed by atoms with van der Waals surface area (Å²) in [5, 5.41) is 0. The topological polar surface area (TPSA) is 38.7 Å². The highest BCUT2D eigenvalue weighted by Crippen LogP contribution is 2.35. The Hall–Kier alpha value is -7.23. The highest BCUT2D eigenvalue weighted by molar-refractivity contribution is 5.85. The van der Waals surface area contributed by atoms with Crippen molar-refractivity contribution in [2.45, 2.75) is 0 Å². The molecule has 9 aromatic rings. The van der Waals surface area contributed by atoms with Crippen molar-refractivity contribution in [3.8, 4) is 89.8 Å². The molecule has 8 aromatic carbocycles. The molecule has 0 saturated carbocycles. The minimum Gasteiger partial charge on any atom is -0.208 e. The van der Waals surface area contributed by atoms with Crippen LogP contribution in [-0.2, 0) is 0 Å². The van der Waals surface area contributed by atoms with Gasteiger partial charge in [-0.05, 0) is 73.8 Å². The lowest BCUT2D eigenvalue weighted by Gasteiger charge is -2.13. The van der Waals surface area contributed by atoms with E-state index < -0.39 is 0 Å². The maximum atomic E-state index is 5.16. The van der Waals surface area contributed by atoms with Gasteiger partial charge in [0, 0.05) is 16.7 Å². The number of aromatic nitrogens is 3. The van der Waals surface area contributed by atoms with Crippen LogP contribution >= 0.6 is 0 Å². The van der Waals surface area contributed by atoms with Gasteiger partial charge in [0.15, 0.2) is 17.5 Å². The van der Waals surface area contributed by atoms with Gasteiger partial charge in [-0.1, -0.05) is 194 Å². The quantitative estimate of drug-likeness (QED) is 0.159. The Morgan fingerprint density at radius 3 is 0.926 bits per heavy atom. The highest BCUT2D eigenvalue weighted by Gasteiger charge is 2.15. The van der Waals surface area contributed by atoms with Crippen molar-refractivity contribution in [2.75, 3.05) is 0 Å². The van der Waals surface area contributed by atoms with Crippen molar-refractivity contribution in [2.24, 2.45) is 0 Å². The summed E-state index contributed by atoms with van der Waals surface area (Å²) < 4.78 is 0. The maximum absolute atomic E-state index is 5.16. The van der Waals surface area contributed by atoms with Crippen LogP contribution in [0.15, 0.2) is 212 Å². The van der Waals surface area contributed by atoms with Crippen LogP contribution in [0, 0.1) is 0 Å². The molecule has 0 radical (unpaired) electrons. The van der Waals surface area contributed by atoms with Gasteiger partial charge in [-0.25, -0.2) is 15.0 Å². The highest BCUT2D eigenvalue weighted by atomic mass is 15.0. The zero-order valence-corrected chi connectivity index (χ0v) is 29.5. The predicted molar refractivity (Wildman–Crippen MR) is 223 cm³/mol. The lowest BCUT2D eigenvalue weighted by atomic mass is 9.93. The molecule has 0 bridgehead atoms. The Balaban J connectivity index is 1.15. The van der Waals surface area contributed by atoms with Crippen LogP contribution < -0.4 is 0 Å². The first-order chi connectivity index (χ1) is 26.7. The van der Waals surface area contributed by atoms with E-state index in [2.05, 4.69) is 200 Å². The van der Waals surface area contributed by atoms with Crippen LogP contribution in [0.5, 0.6) is 0 Å². The molecule has 254 valence electrons. The second-order valence-electron chi connectivity index (χ2n) is 13.3. The molecule has 0 unspecified atom stereocenters. The third-order valence-electron chi connectivity index (χ3n) is 9.75. The smallest absolute Gasteiger partial charge is 0.164 e. The first kappa shape index (κ1) is 32.7. The number of hydrogen-bond donors (Lipinski definition) is 0. The Labute approximate surface area is 316 Å². The fourth-order valence-corrected chi connectivity index (χ4v) is 6.99. The molecule has 0 atom stereocenters. The molecule has 0 fully saturated rings. The molecule has 1 aromatic heterocycles. The van der Waals surface area contributed by atoms with Crippen LogP contribution in [0.1, 0.15) is 0 Å². The number of benzene rings is 8. The second-order valence-corrected chi connectivity index (χ2v) is 13.3. The van der Waals surface area contributed by atoms with Gasteiger partial charge in [0.1, 0.15) is 0 Å². The summed E-state index contributed by atoms with van der Waals surface area (Å²) in [5.41, 5.74) is 14.3. The molecule has 0 spiro atoms.